The van der Waals surface area contributed by atoms with Crippen molar-refractivity contribution in [3.8, 4) is 11.5 Å². The van der Waals surface area contributed by atoms with Crippen LogP contribution in [-0.4, -0.2) is 31.3 Å². The summed E-state index contributed by atoms with van der Waals surface area (Å²) < 4.78 is 11.1. The van der Waals surface area contributed by atoms with Gasteiger partial charge < -0.3 is 20.1 Å². The molecule has 9 heteroatoms. The summed E-state index contributed by atoms with van der Waals surface area (Å²) >= 11 is 6.20. The van der Waals surface area contributed by atoms with E-state index in [1.807, 2.05) is 38.1 Å². The van der Waals surface area contributed by atoms with Gasteiger partial charge in [0.1, 0.15) is 23.7 Å². The first-order valence-electron chi connectivity index (χ1n) is 9.10. The van der Waals surface area contributed by atoms with E-state index in [4.69, 9.17) is 21.1 Å². The molecule has 1 fully saturated rings. The highest BCUT2D eigenvalue weighted by atomic mass is 35.5. The van der Waals surface area contributed by atoms with E-state index in [1.54, 1.807) is 18.2 Å². The molecule has 150 valence electrons. The van der Waals surface area contributed by atoms with Crippen molar-refractivity contribution < 1.29 is 14.3 Å². The molecule has 2 atom stereocenters. The maximum absolute atomic E-state index is 12.9. The van der Waals surface area contributed by atoms with Crippen molar-refractivity contribution in [3.05, 3.63) is 47.5 Å². The number of benzene rings is 2. The van der Waals surface area contributed by atoms with Gasteiger partial charge in [0.2, 0.25) is 5.91 Å². The first-order chi connectivity index (χ1) is 13.6. The predicted molar refractivity (Wildman–Crippen MR) is 109 cm³/mol. The van der Waals surface area contributed by atoms with Gasteiger partial charge in [-0.15, -0.1) is 0 Å². The second kappa shape index (κ2) is 9.61. The first-order valence-corrected chi connectivity index (χ1v) is 9.47. The fourth-order valence-electron chi connectivity index (χ4n) is 2.80. The summed E-state index contributed by atoms with van der Waals surface area (Å²) in [5.41, 5.74) is 9.92. The zero-order valence-corrected chi connectivity index (χ0v) is 16.5. The van der Waals surface area contributed by atoms with Crippen LogP contribution in [0.25, 0.3) is 0 Å². The molecule has 2 unspecified atom stereocenters. The molecule has 0 aromatic heterocycles. The number of hydrogen-bond acceptors (Lipinski definition) is 7. The number of halogens is 1. The van der Waals surface area contributed by atoms with Crippen LogP contribution in [0.5, 0.6) is 11.5 Å². The molecule has 2 aromatic carbocycles. The molecule has 0 radical (unpaired) electrons. The monoisotopic (exact) mass is 405 g/mol. The lowest BCUT2D eigenvalue weighted by Gasteiger charge is -2.21. The number of nitrogens with one attached hydrogen (secondary N) is 5. The molecule has 0 saturated carbocycles. The lowest BCUT2D eigenvalue weighted by molar-refractivity contribution is -0.118. The fourth-order valence-corrected chi connectivity index (χ4v) is 2.99. The van der Waals surface area contributed by atoms with Gasteiger partial charge in [-0.3, -0.25) is 4.79 Å². The van der Waals surface area contributed by atoms with Gasteiger partial charge in [0.05, 0.1) is 29.6 Å². The van der Waals surface area contributed by atoms with E-state index in [1.165, 1.54) is 0 Å². The zero-order valence-electron chi connectivity index (χ0n) is 15.7. The summed E-state index contributed by atoms with van der Waals surface area (Å²) in [5, 5.41) is 6.69. The Morgan fingerprint density at radius 2 is 1.86 bits per heavy atom. The average Bonchev–Trinajstić information content (AvgIpc) is 3.14. The van der Waals surface area contributed by atoms with E-state index in [0.29, 0.717) is 35.4 Å². The third kappa shape index (κ3) is 4.85. The lowest BCUT2D eigenvalue weighted by Crippen LogP contribution is -2.48. The summed E-state index contributed by atoms with van der Waals surface area (Å²) in [5.74, 6) is 0.980. The van der Waals surface area contributed by atoms with Crippen molar-refractivity contribution in [2.75, 3.05) is 23.8 Å². The number of hydrazine groups is 2. The van der Waals surface area contributed by atoms with Crippen molar-refractivity contribution in [1.82, 2.24) is 16.4 Å². The van der Waals surface area contributed by atoms with Crippen LogP contribution >= 0.6 is 11.6 Å². The van der Waals surface area contributed by atoms with E-state index < -0.39 is 12.2 Å². The molecule has 1 aliphatic heterocycles. The fraction of sp³-hybridized carbons (Fsp3) is 0.316. The van der Waals surface area contributed by atoms with Crippen molar-refractivity contribution in [2.45, 2.75) is 26.1 Å². The minimum atomic E-state index is -0.610. The molecule has 1 saturated heterocycles. The topological polar surface area (TPSA) is 95.7 Å². The van der Waals surface area contributed by atoms with Crippen LogP contribution in [0.15, 0.2) is 42.5 Å². The predicted octanol–water partition coefficient (Wildman–Crippen LogP) is 2.50. The number of carbonyl (C=O) groups is 1. The molecule has 0 spiro atoms. The van der Waals surface area contributed by atoms with Crippen LogP contribution in [0, 0.1) is 0 Å². The maximum Gasteiger partial charge on any atom is 0.246 e. The van der Waals surface area contributed by atoms with Gasteiger partial charge in [-0.1, -0.05) is 23.7 Å². The Bertz CT molecular complexity index is 820. The number of amides is 1. The minimum Gasteiger partial charge on any atom is -0.494 e. The van der Waals surface area contributed by atoms with Crippen molar-refractivity contribution in [3.63, 3.8) is 0 Å². The molecule has 8 nitrogen and oxygen atoms in total. The number of carbonyl (C=O) groups excluding carboxylic acids is 1. The van der Waals surface area contributed by atoms with Gasteiger partial charge in [-0.25, -0.2) is 10.9 Å². The molecule has 5 N–H and O–H groups in total. The Balaban J connectivity index is 1.74. The molecular formula is C19H24ClN5O3. The summed E-state index contributed by atoms with van der Waals surface area (Å²) in [7, 11) is 0. The van der Waals surface area contributed by atoms with Gasteiger partial charge >= 0.3 is 0 Å². The Morgan fingerprint density at radius 1 is 1.07 bits per heavy atom. The summed E-state index contributed by atoms with van der Waals surface area (Å²) in [6, 6.07) is 12.1. The molecule has 1 heterocycles. The Labute approximate surface area is 168 Å². The molecule has 2 aromatic rings. The summed E-state index contributed by atoms with van der Waals surface area (Å²) in [4.78, 5) is 12.9. The Hall–Kier alpha value is -2.52. The Kier molecular flexibility index (Phi) is 6.94. The van der Waals surface area contributed by atoms with Crippen LogP contribution in [0.1, 0.15) is 13.8 Å². The van der Waals surface area contributed by atoms with E-state index in [0.717, 1.165) is 5.69 Å². The number of ether oxygens (including phenoxy) is 2. The van der Waals surface area contributed by atoms with Crippen LogP contribution in [-0.2, 0) is 4.79 Å². The third-order valence-corrected chi connectivity index (χ3v) is 4.41. The molecule has 28 heavy (non-hydrogen) atoms. The summed E-state index contributed by atoms with van der Waals surface area (Å²) in [6.45, 7) is 4.80. The van der Waals surface area contributed by atoms with E-state index >= 15 is 0 Å². The zero-order chi connectivity index (χ0) is 19.9. The molecule has 0 aliphatic carbocycles. The van der Waals surface area contributed by atoms with Crippen LogP contribution < -0.4 is 36.5 Å². The largest absolute Gasteiger partial charge is 0.494 e. The Morgan fingerprint density at radius 3 is 2.61 bits per heavy atom. The van der Waals surface area contributed by atoms with E-state index in [-0.39, 0.29) is 5.91 Å². The number of para-hydroxylation sites is 1. The number of hydrogen-bond donors (Lipinski definition) is 5. The summed E-state index contributed by atoms with van der Waals surface area (Å²) in [6.07, 6.45) is -0.425. The van der Waals surface area contributed by atoms with Gasteiger partial charge in [0.15, 0.2) is 0 Å². The van der Waals surface area contributed by atoms with Crippen molar-refractivity contribution in [1.29, 1.82) is 0 Å². The second-order valence-electron chi connectivity index (χ2n) is 6.01. The van der Waals surface area contributed by atoms with Gasteiger partial charge in [-0.05, 0) is 38.1 Å². The molecule has 1 amide bonds. The maximum atomic E-state index is 12.9. The quantitative estimate of drug-likeness (QED) is 0.460. The van der Waals surface area contributed by atoms with Gasteiger partial charge in [-0.2, -0.15) is 5.53 Å². The average molecular weight is 406 g/mol. The van der Waals surface area contributed by atoms with Gasteiger partial charge in [0, 0.05) is 6.07 Å². The molecule has 1 aliphatic rings. The molecular weight excluding hydrogens is 382 g/mol. The minimum absolute atomic E-state index is 0.253. The highest BCUT2D eigenvalue weighted by molar-refractivity contribution is 6.33. The lowest BCUT2D eigenvalue weighted by atomic mass is 10.2. The van der Waals surface area contributed by atoms with Crippen molar-refractivity contribution in [2.24, 2.45) is 0 Å². The van der Waals surface area contributed by atoms with Gasteiger partial charge in [0.25, 0.3) is 0 Å². The highest BCUT2D eigenvalue weighted by Crippen LogP contribution is 2.30. The highest BCUT2D eigenvalue weighted by Gasteiger charge is 2.33. The van der Waals surface area contributed by atoms with E-state index in [2.05, 4.69) is 27.0 Å². The molecule has 0 bridgehead atoms. The normalized spacial score (nSPS) is 18.5. The first kappa shape index (κ1) is 20.2. The second-order valence-corrected chi connectivity index (χ2v) is 6.41. The van der Waals surface area contributed by atoms with E-state index in [9.17, 15) is 4.79 Å². The SMILES string of the molecule is CCOc1ccc(OCC)c(NC(=O)C2NNNC2Nc2ccccc2Cl)c1. The van der Waals surface area contributed by atoms with Crippen LogP contribution in [0.2, 0.25) is 5.02 Å². The molecule has 3 rings (SSSR count). The standard InChI is InChI=1S/C19H24ClN5O3/c1-3-27-12-9-10-16(28-4-2)15(11-12)22-19(26)17-18(24-25-23-17)21-14-8-6-5-7-13(14)20/h5-11,17-18,21,23-25H,3-4H2,1-2H3,(H,22,26). The third-order valence-electron chi connectivity index (χ3n) is 4.08. The van der Waals surface area contributed by atoms with Crippen LogP contribution in [0.3, 0.4) is 0 Å². The number of rotatable bonds is 8. The van der Waals surface area contributed by atoms with Crippen molar-refractivity contribution >= 4 is 28.9 Å². The van der Waals surface area contributed by atoms with Crippen LogP contribution in [0.4, 0.5) is 11.4 Å². The number of anilines is 2. The smallest absolute Gasteiger partial charge is 0.246 e.